The molecule has 0 aliphatic carbocycles. The number of hydrogen-bond donors (Lipinski definition) is 1. The molecular weight excluding hydrogens is 154 g/mol. The largest absolute Gasteiger partial charge is 0.411 e. The fourth-order valence-electron chi connectivity index (χ4n) is 0.433. The quantitative estimate of drug-likeness (QED) is 0.389. The molecule has 0 aromatic rings. The van der Waals surface area contributed by atoms with Gasteiger partial charge in [-0.3, -0.25) is 0 Å². The van der Waals surface area contributed by atoms with Crippen LogP contribution in [0, 0.1) is 0 Å². The molecule has 0 aromatic heterocycles. The van der Waals surface area contributed by atoms with Crippen LogP contribution in [0.4, 0.5) is 0 Å². The first kappa shape index (κ1) is 9.17. The summed E-state index contributed by atoms with van der Waals surface area (Å²) in [6.45, 7) is 0. The molecule has 1 N–H and O–H groups in total. The van der Waals surface area contributed by atoms with E-state index in [0.29, 0.717) is 0 Å². The van der Waals surface area contributed by atoms with Gasteiger partial charge in [0.2, 0.25) is 0 Å². The monoisotopic (exact) mass is 165 g/mol. The molecule has 0 rings (SSSR count). The molecule has 0 aromatic carbocycles. The van der Waals surface area contributed by atoms with Crippen LogP contribution in [-0.2, 0) is 0 Å². The van der Waals surface area contributed by atoms with Crippen LogP contribution in [0.1, 0.15) is 0 Å². The van der Waals surface area contributed by atoms with Crippen molar-refractivity contribution in [2.45, 2.75) is 0 Å². The molecule has 2 nitrogen and oxygen atoms in total. The number of hydrogen-bond acceptors (Lipinski definition) is 4. The highest BCUT2D eigenvalue weighted by Crippen LogP contribution is 1.99. The van der Waals surface area contributed by atoms with Crippen LogP contribution in [0.3, 0.4) is 0 Å². The fraction of sp³-hybridized carbons (Fsp3) is 0.800. The van der Waals surface area contributed by atoms with Crippen molar-refractivity contribution in [2.75, 3.05) is 24.0 Å². The highest BCUT2D eigenvalue weighted by atomic mass is 32.2. The minimum absolute atomic E-state index is 0.831. The van der Waals surface area contributed by atoms with Crippen LogP contribution < -0.4 is 0 Å². The maximum absolute atomic E-state index is 8.35. The molecule has 0 saturated heterocycles. The summed E-state index contributed by atoms with van der Waals surface area (Å²) in [6.07, 6.45) is 3.98. The van der Waals surface area contributed by atoms with Crippen molar-refractivity contribution in [3.8, 4) is 0 Å². The summed E-state index contributed by atoms with van der Waals surface area (Å²) in [5, 5.41) is 11.5. The summed E-state index contributed by atoms with van der Waals surface area (Å²) < 4.78 is 0. The van der Waals surface area contributed by atoms with Gasteiger partial charge in [-0.15, -0.1) is 0 Å². The number of oxime groups is 1. The molecule has 0 unspecified atom stereocenters. The Hall–Kier alpha value is 0.170. The molecule has 0 bridgehead atoms. The zero-order valence-electron chi connectivity index (χ0n) is 5.63. The topological polar surface area (TPSA) is 32.6 Å². The van der Waals surface area contributed by atoms with Crippen molar-refractivity contribution in [2.24, 2.45) is 5.16 Å². The predicted octanol–water partition coefficient (Wildman–Crippen LogP) is 1.54. The van der Waals surface area contributed by atoms with Crippen molar-refractivity contribution in [3.05, 3.63) is 0 Å². The molecule has 0 atom stereocenters. The van der Waals surface area contributed by atoms with Gasteiger partial charge in [0.05, 0.1) is 5.71 Å². The van der Waals surface area contributed by atoms with E-state index in [1.54, 1.807) is 23.5 Å². The summed E-state index contributed by atoms with van der Waals surface area (Å²) in [7, 11) is 0. The van der Waals surface area contributed by atoms with E-state index in [1.807, 2.05) is 12.5 Å². The van der Waals surface area contributed by atoms with E-state index in [1.165, 1.54) is 0 Å². The van der Waals surface area contributed by atoms with E-state index in [4.69, 9.17) is 5.21 Å². The maximum Gasteiger partial charge on any atom is 0.0767 e. The average molecular weight is 165 g/mol. The van der Waals surface area contributed by atoms with Crippen LogP contribution in [0.25, 0.3) is 0 Å². The fourth-order valence-corrected chi connectivity index (χ4v) is 1.55. The van der Waals surface area contributed by atoms with Gasteiger partial charge >= 0.3 is 0 Å². The van der Waals surface area contributed by atoms with E-state index in [0.717, 1.165) is 17.2 Å². The summed E-state index contributed by atoms with van der Waals surface area (Å²) >= 11 is 3.34. The van der Waals surface area contributed by atoms with Crippen LogP contribution >= 0.6 is 23.5 Å². The van der Waals surface area contributed by atoms with E-state index >= 15 is 0 Å². The Balaban J connectivity index is 3.43. The first-order valence-corrected chi connectivity index (χ1v) is 5.31. The number of thioether (sulfide) groups is 2. The summed E-state index contributed by atoms with van der Waals surface area (Å²) in [4.78, 5) is 0. The van der Waals surface area contributed by atoms with Crippen molar-refractivity contribution in [1.29, 1.82) is 0 Å². The molecule has 0 aliphatic heterocycles. The van der Waals surface area contributed by atoms with Crippen LogP contribution in [0.2, 0.25) is 0 Å². The van der Waals surface area contributed by atoms with Gasteiger partial charge in [0.25, 0.3) is 0 Å². The number of nitrogens with zero attached hydrogens (tertiary/aromatic N) is 1. The second-order valence-corrected chi connectivity index (χ2v) is 3.26. The highest BCUT2D eigenvalue weighted by Gasteiger charge is 1.95. The lowest BCUT2D eigenvalue weighted by atomic mass is 10.5. The lowest BCUT2D eigenvalue weighted by molar-refractivity contribution is 0.318. The number of rotatable bonds is 4. The Morgan fingerprint density at radius 1 is 1.33 bits per heavy atom. The maximum atomic E-state index is 8.35. The smallest absolute Gasteiger partial charge is 0.0767 e. The zero-order valence-corrected chi connectivity index (χ0v) is 7.26. The van der Waals surface area contributed by atoms with Gasteiger partial charge in [-0.2, -0.15) is 23.5 Å². The second-order valence-electron chi connectivity index (χ2n) is 1.53. The van der Waals surface area contributed by atoms with Gasteiger partial charge in [0.1, 0.15) is 0 Å². The van der Waals surface area contributed by atoms with Crippen molar-refractivity contribution in [1.82, 2.24) is 0 Å². The average Bonchev–Trinajstić information content (AvgIpc) is 1.88. The molecule has 4 heteroatoms. The van der Waals surface area contributed by atoms with Gasteiger partial charge in [-0.05, 0) is 12.5 Å². The third-order valence-electron chi connectivity index (χ3n) is 0.763. The van der Waals surface area contributed by atoms with Gasteiger partial charge in [-0.1, -0.05) is 5.16 Å². The van der Waals surface area contributed by atoms with Gasteiger partial charge < -0.3 is 5.21 Å². The molecule has 0 spiro atoms. The van der Waals surface area contributed by atoms with E-state index < -0.39 is 0 Å². The van der Waals surface area contributed by atoms with Crippen molar-refractivity contribution < 1.29 is 5.21 Å². The first-order valence-electron chi connectivity index (χ1n) is 2.52. The molecule has 0 radical (unpaired) electrons. The molecule has 0 amide bonds. The summed E-state index contributed by atoms with van der Waals surface area (Å²) in [5.74, 6) is 1.66. The van der Waals surface area contributed by atoms with Crippen molar-refractivity contribution in [3.63, 3.8) is 0 Å². The molecule has 9 heavy (non-hydrogen) atoms. The van der Waals surface area contributed by atoms with E-state index in [2.05, 4.69) is 5.16 Å². The Bertz CT molecular complexity index is 87.0. The van der Waals surface area contributed by atoms with Gasteiger partial charge in [0.15, 0.2) is 0 Å². The SMILES string of the molecule is CSCC(CSC)=NO. The Kier molecular flexibility index (Phi) is 6.41. The Morgan fingerprint density at radius 3 is 2.00 bits per heavy atom. The molecule has 0 fully saturated rings. The normalized spacial score (nSPS) is 9.11. The van der Waals surface area contributed by atoms with Crippen LogP contribution in [-0.4, -0.2) is 34.9 Å². The molecule has 0 heterocycles. The minimum Gasteiger partial charge on any atom is -0.411 e. The molecule has 0 aliphatic rings. The van der Waals surface area contributed by atoms with Crippen LogP contribution in [0.5, 0.6) is 0 Å². The molecule has 54 valence electrons. The lowest BCUT2D eigenvalue weighted by Gasteiger charge is -1.96. The minimum atomic E-state index is 0.831. The third-order valence-corrected chi connectivity index (χ3v) is 2.01. The lowest BCUT2D eigenvalue weighted by Crippen LogP contribution is -2.04. The highest BCUT2D eigenvalue weighted by molar-refractivity contribution is 8.00. The zero-order chi connectivity index (χ0) is 7.11. The summed E-state index contributed by atoms with van der Waals surface area (Å²) in [6, 6.07) is 0. The van der Waals surface area contributed by atoms with E-state index in [9.17, 15) is 0 Å². The van der Waals surface area contributed by atoms with E-state index in [-0.39, 0.29) is 0 Å². The van der Waals surface area contributed by atoms with Crippen molar-refractivity contribution >= 4 is 29.2 Å². The predicted molar refractivity (Wildman–Crippen MR) is 46.0 cm³/mol. The van der Waals surface area contributed by atoms with Gasteiger partial charge in [-0.25, -0.2) is 0 Å². The molecular formula is C5H11NOS2. The third kappa shape index (κ3) is 4.66. The molecule has 0 saturated carbocycles. The van der Waals surface area contributed by atoms with Gasteiger partial charge in [0, 0.05) is 11.5 Å². The standard InChI is InChI=1S/C5H11NOS2/c1-8-3-5(6-7)4-9-2/h7H,3-4H2,1-2H3. The first-order chi connectivity index (χ1) is 4.35. The van der Waals surface area contributed by atoms with Crippen LogP contribution in [0.15, 0.2) is 5.16 Å². The second kappa shape index (κ2) is 6.29. The summed E-state index contributed by atoms with van der Waals surface area (Å²) in [5.41, 5.74) is 0.856. The Labute approximate surface area is 64.1 Å². The Morgan fingerprint density at radius 2 is 1.78 bits per heavy atom.